The van der Waals surface area contributed by atoms with Gasteiger partial charge in [0.15, 0.2) is 10.6 Å². The summed E-state index contributed by atoms with van der Waals surface area (Å²) in [6.07, 6.45) is 0. The van der Waals surface area contributed by atoms with Crippen LogP contribution in [-0.4, -0.2) is 20.7 Å². The smallest absolute Gasteiger partial charge is 0.244 e. The molecule has 0 spiro atoms. The second-order valence-electron chi connectivity index (χ2n) is 4.47. The second-order valence-corrected chi connectivity index (χ2v) is 5.81. The predicted molar refractivity (Wildman–Crippen MR) is 85.8 cm³/mol. The van der Waals surface area contributed by atoms with Crippen LogP contribution in [0.5, 0.6) is 0 Å². The zero-order chi connectivity index (χ0) is 15.5. The molecule has 0 bridgehead atoms. The van der Waals surface area contributed by atoms with Gasteiger partial charge in [-0.05, 0) is 47.9 Å². The highest BCUT2D eigenvalue weighted by molar-refractivity contribution is 7.71. The van der Waals surface area contributed by atoms with Crippen molar-refractivity contribution in [2.75, 3.05) is 5.32 Å². The summed E-state index contributed by atoms with van der Waals surface area (Å²) in [6.45, 7) is 0.0277. The molecule has 1 aromatic carbocycles. The molecular weight excluding hydrogens is 323 g/mol. The molecule has 0 unspecified atom stereocenters. The van der Waals surface area contributed by atoms with Gasteiger partial charge in [-0.25, -0.2) is 4.39 Å². The van der Waals surface area contributed by atoms with Gasteiger partial charge in [-0.3, -0.25) is 14.5 Å². The first kappa shape index (κ1) is 14.6. The first-order valence-electron chi connectivity index (χ1n) is 6.38. The van der Waals surface area contributed by atoms with Crippen LogP contribution >= 0.6 is 23.6 Å². The van der Waals surface area contributed by atoms with Gasteiger partial charge in [0, 0.05) is 5.69 Å². The lowest BCUT2D eigenvalue weighted by molar-refractivity contribution is -0.116. The molecular formula is C14H11FN4OS2. The number of nitrogens with zero attached hydrogens (tertiary/aromatic N) is 2. The standard InChI is InChI=1S/C14H11FN4OS2/c15-9-3-5-10(6-4-9)16-12(20)8-19-13(17-18-14(19)21)11-2-1-7-22-11/h1-7H,8H2,(H,16,20)(H,18,21). The van der Waals surface area contributed by atoms with Crippen LogP contribution in [0.15, 0.2) is 41.8 Å². The number of benzene rings is 1. The topological polar surface area (TPSA) is 62.7 Å². The van der Waals surface area contributed by atoms with E-state index in [0.29, 0.717) is 16.3 Å². The Balaban J connectivity index is 1.78. The molecule has 0 saturated heterocycles. The van der Waals surface area contributed by atoms with E-state index in [1.54, 1.807) is 4.57 Å². The van der Waals surface area contributed by atoms with E-state index in [9.17, 15) is 9.18 Å². The number of H-pyrrole nitrogens is 1. The number of halogens is 1. The van der Waals surface area contributed by atoms with Crippen molar-refractivity contribution in [1.82, 2.24) is 14.8 Å². The van der Waals surface area contributed by atoms with Crippen LogP contribution in [0.4, 0.5) is 10.1 Å². The van der Waals surface area contributed by atoms with Crippen LogP contribution in [0.2, 0.25) is 0 Å². The van der Waals surface area contributed by atoms with Gasteiger partial charge >= 0.3 is 0 Å². The maximum Gasteiger partial charge on any atom is 0.244 e. The Labute approximate surface area is 134 Å². The summed E-state index contributed by atoms with van der Waals surface area (Å²) in [5.41, 5.74) is 0.527. The molecule has 0 fully saturated rings. The third kappa shape index (κ3) is 3.12. The normalized spacial score (nSPS) is 10.6. The number of aromatic amines is 1. The van der Waals surface area contributed by atoms with Crippen LogP contribution in [0, 0.1) is 10.6 Å². The van der Waals surface area contributed by atoms with Gasteiger partial charge in [0.25, 0.3) is 0 Å². The van der Waals surface area contributed by atoms with Crippen molar-refractivity contribution in [3.63, 3.8) is 0 Å². The summed E-state index contributed by atoms with van der Waals surface area (Å²) in [4.78, 5) is 13.0. The number of carbonyl (C=O) groups is 1. The van der Waals surface area contributed by atoms with Gasteiger partial charge in [-0.2, -0.15) is 5.10 Å². The summed E-state index contributed by atoms with van der Waals surface area (Å²) in [5, 5.41) is 11.5. The summed E-state index contributed by atoms with van der Waals surface area (Å²) < 4.78 is 14.8. The summed E-state index contributed by atoms with van der Waals surface area (Å²) in [7, 11) is 0. The lowest BCUT2D eigenvalue weighted by atomic mass is 10.3. The Morgan fingerprint density at radius 2 is 2.14 bits per heavy atom. The Kier molecular flexibility index (Phi) is 4.12. The predicted octanol–water partition coefficient (Wildman–Crippen LogP) is 3.45. The summed E-state index contributed by atoms with van der Waals surface area (Å²) >= 11 is 6.68. The van der Waals surface area contributed by atoms with Crippen LogP contribution < -0.4 is 5.32 Å². The van der Waals surface area contributed by atoms with Gasteiger partial charge in [0.05, 0.1) is 4.88 Å². The van der Waals surface area contributed by atoms with Gasteiger partial charge in [-0.15, -0.1) is 11.3 Å². The molecule has 0 radical (unpaired) electrons. The molecule has 8 heteroatoms. The molecule has 2 N–H and O–H groups in total. The van der Waals surface area contributed by atoms with E-state index in [1.165, 1.54) is 35.6 Å². The summed E-state index contributed by atoms with van der Waals surface area (Å²) in [6, 6.07) is 9.39. The van der Waals surface area contributed by atoms with E-state index in [4.69, 9.17) is 12.2 Å². The fraction of sp³-hybridized carbons (Fsp3) is 0.0714. The van der Waals surface area contributed by atoms with E-state index in [0.717, 1.165) is 4.88 Å². The molecule has 112 valence electrons. The van der Waals surface area contributed by atoms with E-state index >= 15 is 0 Å². The first-order valence-corrected chi connectivity index (χ1v) is 7.67. The largest absolute Gasteiger partial charge is 0.325 e. The number of carbonyl (C=O) groups excluding carboxylic acids is 1. The number of aromatic nitrogens is 3. The van der Waals surface area contributed by atoms with Gasteiger partial charge < -0.3 is 5.32 Å². The van der Waals surface area contributed by atoms with Crippen molar-refractivity contribution in [3.8, 4) is 10.7 Å². The number of anilines is 1. The van der Waals surface area contributed by atoms with Crippen molar-refractivity contribution in [3.05, 3.63) is 52.4 Å². The molecule has 0 aliphatic rings. The van der Waals surface area contributed by atoms with E-state index in [1.807, 2.05) is 17.5 Å². The highest BCUT2D eigenvalue weighted by Crippen LogP contribution is 2.22. The highest BCUT2D eigenvalue weighted by atomic mass is 32.1. The Hall–Kier alpha value is -2.32. The average Bonchev–Trinajstić information content (AvgIpc) is 3.12. The van der Waals surface area contributed by atoms with Gasteiger partial charge in [0.1, 0.15) is 12.4 Å². The molecule has 2 heterocycles. The van der Waals surface area contributed by atoms with Crippen LogP contribution in [-0.2, 0) is 11.3 Å². The van der Waals surface area contributed by atoms with Crippen LogP contribution in [0.25, 0.3) is 10.7 Å². The average molecular weight is 334 g/mol. The zero-order valence-electron chi connectivity index (χ0n) is 11.2. The molecule has 0 aliphatic heterocycles. The molecule has 22 heavy (non-hydrogen) atoms. The Morgan fingerprint density at radius 3 is 2.82 bits per heavy atom. The number of hydrogen-bond acceptors (Lipinski definition) is 4. The molecule has 2 aromatic heterocycles. The number of nitrogens with one attached hydrogen (secondary N) is 2. The third-order valence-corrected chi connectivity index (χ3v) is 4.11. The molecule has 5 nitrogen and oxygen atoms in total. The quantitative estimate of drug-likeness (QED) is 0.718. The maximum atomic E-state index is 12.9. The molecule has 0 aliphatic carbocycles. The fourth-order valence-corrected chi connectivity index (χ4v) is 2.85. The molecule has 1 amide bonds. The molecule has 3 rings (SSSR count). The number of thiophene rings is 1. The third-order valence-electron chi connectivity index (χ3n) is 2.93. The summed E-state index contributed by atoms with van der Waals surface area (Å²) in [5.74, 6) is 0.00575. The highest BCUT2D eigenvalue weighted by Gasteiger charge is 2.13. The van der Waals surface area contributed by atoms with E-state index < -0.39 is 0 Å². The van der Waals surface area contributed by atoms with Crippen molar-refractivity contribution in [2.45, 2.75) is 6.54 Å². The Morgan fingerprint density at radius 1 is 1.36 bits per heavy atom. The molecule has 0 saturated carbocycles. The van der Waals surface area contributed by atoms with E-state index in [-0.39, 0.29) is 18.3 Å². The van der Waals surface area contributed by atoms with Crippen molar-refractivity contribution < 1.29 is 9.18 Å². The SMILES string of the molecule is O=C(Cn1c(-c2cccs2)n[nH]c1=S)Nc1ccc(F)cc1. The van der Waals surface area contributed by atoms with Crippen LogP contribution in [0.1, 0.15) is 0 Å². The van der Waals surface area contributed by atoms with Crippen molar-refractivity contribution in [2.24, 2.45) is 0 Å². The van der Waals surface area contributed by atoms with Gasteiger partial charge in [0.2, 0.25) is 5.91 Å². The minimum absolute atomic E-state index is 0.0277. The zero-order valence-corrected chi connectivity index (χ0v) is 12.9. The number of hydrogen-bond donors (Lipinski definition) is 2. The maximum absolute atomic E-state index is 12.9. The van der Waals surface area contributed by atoms with Crippen molar-refractivity contribution in [1.29, 1.82) is 0 Å². The Bertz CT molecular complexity index is 837. The lowest BCUT2D eigenvalue weighted by Crippen LogP contribution is -2.19. The minimum Gasteiger partial charge on any atom is -0.325 e. The molecule has 3 aromatic rings. The second kappa shape index (κ2) is 6.20. The van der Waals surface area contributed by atoms with Crippen molar-refractivity contribution >= 4 is 35.1 Å². The first-order chi connectivity index (χ1) is 10.6. The molecule has 0 atom stereocenters. The number of rotatable bonds is 4. The monoisotopic (exact) mass is 334 g/mol. The minimum atomic E-state index is -0.352. The number of amides is 1. The van der Waals surface area contributed by atoms with E-state index in [2.05, 4.69) is 15.5 Å². The van der Waals surface area contributed by atoms with Gasteiger partial charge in [-0.1, -0.05) is 6.07 Å². The fourth-order valence-electron chi connectivity index (χ4n) is 1.94. The van der Waals surface area contributed by atoms with Crippen LogP contribution in [0.3, 0.4) is 0 Å². The lowest BCUT2D eigenvalue weighted by Gasteiger charge is -2.07.